The molecular weight excluding hydrogens is 327 g/mol. The van der Waals surface area contributed by atoms with E-state index >= 15 is 0 Å². The second-order valence-electron chi connectivity index (χ2n) is 4.42. The van der Waals surface area contributed by atoms with Gasteiger partial charge in [0.15, 0.2) is 0 Å². The molecule has 1 amide bonds. The number of benzene rings is 2. The van der Waals surface area contributed by atoms with E-state index in [0.29, 0.717) is 21.4 Å². The fourth-order valence-corrected chi connectivity index (χ4v) is 2.85. The molecule has 2 aromatic rings. The molecule has 1 unspecified atom stereocenters. The zero-order valence-corrected chi connectivity index (χ0v) is 13.6. The number of halogens is 2. The number of amides is 1. The van der Waals surface area contributed by atoms with Crippen molar-refractivity contribution < 1.29 is 4.79 Å². The number of carbonyl (C=O) groups excluding carboxylic acids is 1. The molecule has 3 nitrogen and oxygen atoms in total. The fourth-order valence-electron chi connectivity index (χ4n) is 1.64. The van der Waals surface area contributed by atoms with Crippen LogP contribution in [0.1, 0.15) is 6.92 Å². The van der Waals surface area contributed by atoms with E-state index in [0.717, 1.165) is 4.90 Å². The minimum atomic E-state index is -0.274. The zero-order chi connectivity index (χ0) is 15.4. The number of thioether (sulfide) groups is 1. The molecule has 3 N–H and O–H groups in total. The Morgan fingerprint density at radius 3 is 2.52 bits per heavy atom. The number of nitrogens with two attached hydrogens (primary N) is 1. The molecule has 6 heteroatoms. The summed E-state index contributed by atoms with van der Waals surface area (Å²) in [6, 6.07) is 12.5. The highest BCUT2D eigenvalue weighted by atomic mass is 35.5. The van der Waals surface area contributed by atoms with Crippen LogP contribution in [0.3, 0.4) is 0 Å². The van der Waals surface area contributed by atoms with Crippen molar-refractivity contribution in [3.8, 4) is 0 Å². The molecule has 2 aromatic carbocycles. The van der Waals surface area contributed by atoms with Gasteiger partial charge in [-0.25, -0.2) is 0 Å². The maximum atomic E-state index is 12.2. The van der Waals surface area contributed by atoms with Crippen molar-refractivity contribution in [2.75, 3.05) is 11.1 Å². The van der Waals surface area contributed by atoms with Gasteiger partial charge in [-0.1, -0.05) is 29.3 Å². The standard InChI is InChI=1S/C15H14Cl2N2OS/c1-9(21-11-7-5-10(18)6-8-11)15(20)19-13-4-2-3-12(16)14(13)17/h2-9H,18H2,1H3,(H,19,20). The quantitative estimate of drug-likeness (QED) is 0.626. The molecule has 0 spiro atoms. The van der Waals surface area contributed by atoms with Crippen molar-refractivity contribution in [1.82, 2.24) is 0 Å². The summed E-state index contributed by atoms with van der Waals surface area (Å²) < 4.78 is 0. The largest absolute Gasteiger partial charge is 0.399 e. The molecule has 1 atom stereocenters. The minimum absolute atomic E-state index is 0.138. The van der Waals surface area contributed by atoms with E-state index in [9.17, 15) is 4.79 Å². The summed E-state index contributed by atoms with van der Waals surface area (Å²) in [5.74, 6) is -0.138. The predicted octanol–water partition coefficient (Wildman–Crippen LogP) is 4.69. The highest BCUT2D eigenvalue weighted by Crippen LogP contribution is 2.31. The Bertz CT molecular complexity index is 647. The molecule has 0 heterocycles. The van der Waals surface area contributed by atoms with Gasteiger partial charge in [-0.2, -0.15) is 0 Å². The van der Waals surface area contributed by atoms with Crippen molar-refractivity contribution in [2.45, 2.75) is 17.1 Å². The van der Waals surface area contributed by atoms with Crippen LogP contribution in [0.5, 0.6) is 0 Å². The Labute approximate surface area is 137 Å². The lowest BCUT2D eigenvalue weighted by Gasteiger charge is -2.13. The smallest absolute Gasteiger partial charge is 0.237 e. The number of anilines is 2. The normalized spacial score (nSPS) is 12.0. The number of hydrogen-bond acceptors (Lipinski definition) is 3. The van der Waals surface area contributed by atoms with Crippen LogP contribution in [0.4, 0.5) is 11.4 Å². The molecule has 0 saturated heterocycles. The third-order valence-electron chi connectivity index (χ3n) is 2.77. The molecule has 0 aliphatic rings. The molecule has 0 bridgehead atoms. The number of nitrogens with one attached hydrogen (secondary N) is 1. The molecular formula is C15H14Cl2N2OS. The first kappa shape index (κ1) is 16.0. The van der Waals surface area contributed by atoms with Gasteiger partial charge in [0.1, 0.15) is 0 Å². The van der Waals surface area contributed by atoms with Crippen LogP contribution in [0.2, 0.25) is 10.0 Å². The van der Waals surface area contributed by atoms with Gasteiger partial charge in [0.25, 0.3) is 0 Å². The van der Waals surface area contributed by atoms with Gasteiger partial charge in [-0.05, 0) is 43.3 Å². The van der Waals surface area contributed by atoms with E-state index in [1.165, 1.54) is 11.8 Å². The number of nitrogen functional groups attached to an aromatic ring is 1. The van der Waals surface area contributed by atoms with E-state index in [-0.39, 0.29) is 11.2 Å². The Hall–Kier alpha value is -1.36. The summed E-state index contributed by atoms with van der Waals surface area (Å²) in [7, 11) is 0. The molecule has 2 rings (SSSR count). The first-order chi connectivity index (χ1) is 9.97. The van der Waals surface area contributed by atoms with Gasteiger partial charge >= 0.3 is 0 Å². The van der Waals surface area contributed by atoms with E-state index in [1.54, 1.807) is 30.3 Å². The maximum absolute atomic E-state index is 12.2. The van der Waals surface area contributed by atoms with Gasteiger partial charge in [0, 0.05) is 10.6 Å². The fraction of sp³-hybridized carbons (Fsp3) is 0.133. The van der Waals surface area contributed by atoms with Crippen molar-refractivity contribution in [1.29, 1.82) is 0 Å². The highest BCUT2D eigenvalue weighted by Gasteiger charge is 2.16. The van der Waals surface area contributed by atoms with Crippen molar-refractivity contribution in [3.63, 3.8) is 0 Å². The molecule has 0 aliphatic carbocycles. The number of rotatable bonds is 4. The highest BCUT2D eigenvalue weighted by molar-refractivity contribution is 8.00. The van der Waals surface area contributed by atoms with Crippen LogP contribution >= 0.6 is 35.0 Å². The Morgan fingerprint density at radius 2 is 1.86 bits per heavy atom. The lowest BCUT2D eigenvalue weighted by molar-refractivity contribution is -0.115. The van der Waals surface area contributed by atoms with Crippen LogP contribution in [0.25, 0.3) is 0 Å². The van der Waals surface area contributed by atoms with Gasteiger partial charge in [-0.15, -0.1) is 11.8 Å². The third-order valence-corrected chi connectivity index (χ3v) is 4.70. The first-order valence-electron chi connectivity index (χ1n) is 6.24. The summed E-state index contributed by atoms with van der Waals surface area (Å²) in [6.45, 7) is 1.83. The van der Waals surface area contributed by atoms with Gasteiger partial charge in [-0.3, -0.25) is 4.79 Å². The summed E-state index contributed by atoms with van der Waals surface area (Å²) in [6.07, 6.45) is 0. The molecule has 0 radical (unpaired) electrons. The lowest BCUT2D eigenvalue weighted by atomic mass is 10.3. The summed E-state index contributed by atoms with van der Waals surface area (Å²) in [4.78, 5) is 13.2. The first-order valence-corrected chi connectivity index (χ1v) is 7.88. The Kier molecular flexibility index (Phi) is 5.39. The van der Waals surface area contributed by atoms with Crippen LogP contribution in [0.15, 0.2) is 47.4 Å². The average Bonchev–Trinajstić information content (AvgIpc) is 2.46. The zero-order valence-electron chi connectivity index (χ0n) is 11.3. The topological polar surface area (TPSA) is 55.1 Å². The predicted molar refractivity (Wildman–Crippen MR) is 91.3 cm³/mol. The second kappa shape index (κ2) is 7.07. The van der Waals surface area contributed by atoms with E-state index in [2.05, 4.69) is 5.32 Å². The number of hydrogen-bond donors (Lipinski definition) is 2. The van der Waals surface area contributed by atoms with E-state index in [4.69, 9.17) is 28.9 Å². The van der Waals surface area contributed by atoms with Gasteiger partial charge in [0.2, 0.25) is 5.91 Å². The van der Waals surface area contributed by atoms with Crippen LogP contribution < -0.4 is 11.1 Å². The van der Waals surface area contributed by atoms with Gasteiger partial charge < -0.3 is 11.1 Å². The molecule has 110 valence electrons. The molecule has 21 heavy (non-hydrogen) atoms. The van der Waals surface area contributed by atoms with Gasteiger partial charge in [0.05, 0.1) is 21.0 Å². The minimum Gasteiger partial charge on any atom is -0.399 e. The molecule has 0 fully saturated rings. The summed E-state index contributed by atoms with van der Waals surface area (Å²) in [5, 5.41) is 3.26. The number of carbonyl (C=O) groups is 1. The second-order valence-corrected chi connectivity index (χ2v) is 6.62. The molecule has 0 aliphatic heterocycles. The monoisotopic (exact) mass is 340 g/mol. The van der Waals surface area contributed by atoms with Crippen molar-refractivity contribution in [2.24, 2.45) is 0 Å². The third kappa shape index (κ3) is 4.30. The average molecular weight is 341 g/mol. The molecule has 0 saturated carbocycles. The van der Waals surface area contributed by atoms with Crippen molar-refractivity contribution >= 4 is 52.2 Å². The van der Waals surface area contributed by atoms with E-state index < -0.39 is 0 Å². The summed E-state index contributed by atoms with van der Waals surface area (Å²) in [5.41, 5.74) is 6.84. The van der Waals surface area contributed by atoms with E-state index in [1.807, 2.05) is 19.1 Å². The SMILES string of the molecule is CC(Sc1ccc(N)cc1)C(=O)Nc1cccc(Cl)c1Cl. The molecule has 0 aromatic heterocycles. The van der Waals surface area contributed by atoms with Crippen LogP contribution in [-0.2, 0) is 4.79 Å². The summed E-state index contributed by atoms with van der Waals surface area (Å²) >= 11 is 13.4. The maximum Gasteiger partial charge on any atom is 0.237 e. The lowest BCUT2D eigenvalue weighted by Crippen LogP contribution is -2.22. The van der Waals surface area contributed by atoms with Crippen LogP contribution in [0, 0.1) is 0 Å². The Morgan fingerprint density at radius 1 is 1.19 bits per heavy atom. The Balaban J connectivity index is 2.02. The van der Waals surface area contributed by atoms with Crippen LogP contribution in [-0.4, -0.2) is 11.2 Å². The van der Waals surface area contributed by atoms with Crippen molar-refractivity contribution in [3.05, 3.63) is 52.5 Å².